The number of ether oxygens (including phenoxy) is 1. The number of hydrogen-bond acceptors (Lipinski definition) is 6. The fourth-order valence-electron chi connectivity index (χ4n) is 3.43. The first-order valence-corrected chi connectivity index (χ1v) is 9.09. The highest BCUT2D eigenvalue weighted by molar-refractivity contribution is 5.68. The van der Waals surface area contributed by atoms with Crippen molar-refractivity contribution in [2.75, 3.05) is 37.7 Å². The zero-order chi connectivity index (χ0) is 17.9. The lowest BCUT2D eigenvalue weighted by Crippen LogP contribution is -2.46. The van der Waals surface area contributed by atoms with Gasteiger partial charge in [0.1, 0.15) is 12.1 Å². The molecule has 3 aromatic rings. The first-order valence-electron chi connectivity index (χ1n) is 9.09. The van der Waals surface area contributed by atoms with Crippen LogP contribution in [0.5, 0.6) is 5.75 Å². The SMILES string of the molecule is CCOc1ccc(CN2CCN(c3cc(C)nn4cnnc34)CC2)cc1. The molecule has 3 heterocycles. The van der Waals surface area contributed by atoms with Gasteiger partial charge in [-0.05, 0) is 37.6 Å². The van der Waals surface area contributed by atoms with Gasteiger partial charge in [-0.1, -0.05) is 12.1 Å². The van der Waals surface area contributed by atoms with Gasteiger partial charge in [-0.2, -0.15) is 9.61 Å². The second kappa shape index (κ2) is 7.29. The Labute approximate surface area is 153 Å². The Morgan fingerprint density at radius 1 is 1.08 bits per heavy atom. The molecule has 136 valence electrons. The molecule has 1 saturated heterocycles. The first kappa shape index (κ1) is 16.8. The fraction of sp³-hybridized carbons (Fsp3) is 0.421. The Morgan fingerprint density at radius 2 is 1.85 bits per heavy atom. The number of fused-ring (bicyclic) bond motifs is 1. The summed E-state index contributed by atoms with van der Waals surface area (Å²) in [6, 6.07) is 10.5. The Bertz CT molecular complexity index is 867. The minimum Gasteiger partial charge on any atom is -0.494 e. The highest BCUT2D eigenvalue weighted by Crippen LogP contribution is 2.22. The smallest absolute Gasteiger partial charge is 0.200 e. The average molecular weight is 352 g/mol. The zero-order valence-corrected chi connectivity index (χ0v) is 15.3. The first-order chi connectivity index (χ1) is 12.7. The van der Waals surface area contributed by atoms with E-state index in [2.05, 4.69) is 55.4 Å². The number of anilines is 1. The number of piperazine rings is 1. The summed E-state index contributed by atoms with van der Waals surface area (Å²) >= 11 is 0. The summed E-state index contributed by atoms with van der Waals surface area (Å²) < 4.78 is 7.27. The molecule has 26 heavy (non-hydrogen) atoms. The third kappa shape index (κ3) is 3.48. The molecule has 1 fully saturated rings. The van der Waals surface area contributed by atoms with Crippen molar-refractivity contribution in [3.05, 3.63) is 47.9 Å². The topological polar surface area (TPSA) is 58.8 Å². The van der Waals surface area contributed by atoms with E-state index in [0.29, 0.717) is 6.61 Å². The van der Waals surface area contributed by atoms with Crippen molar-refractivity contribution >= 4 is 11.3 Å². The second-order valence-electron chi connectivity index (χ2n) is 6.61. The van der Waals surface area contributed by atoms with Crippen molar-refractivity contribution in [3.63, 3.8) is 0 Å². The number of nitrogens with zero attached hydrogens (tertiary/aromatic N) is 6. The molecule has 7 heteroatoms. The summed E-state index contributed by atoms with van der Waals surface area (Å²) in [5.41, 5.74) is 4.25. The largest absolute Gasteiger partial charge is 0.494 e. The van der Waals surface area contributed by atoms with E-state index < -0.39 is 0 Å². The molecule has 1 aromatic carbocycles. The van der Waals surface area contributed by atoms with Crippen LogP contribution >= 0.6 is 0 Å². The molecule has 4 rings (SSSR count). The summed E-state index contributed by atoms with van der Waals surface area (Å²) in [6.07, 6.45) is 1.66. The van der Waals surface area contributed by atoms with Crippen LogP contribution in [0.3, 0.4) is 0 Å². The van der Waals surface area contributed by atoms with Gasteiger partial charge in [0.15, 0.2) is 0 Å². The maximum Gasteiger partial charge on any atom is 0.200 e. The second-order valence-corrected chi connectivity index (χ2v) is 6.61. The highest BCUT2D eigenvalue weighted by Gasteiger charge is 2.20. The molecule has 0 unspecified atom stereocenters. The number of benzene rings is 1. The van der Waals surface area contributed by atoms with Gasteiger partial charge < -0.3 is 9.64 Å². The Balaban J connectivity index is 1.40. The van der Waals surface area contributed by atoms with Gasteiger partial charge in [0, 0.05) is 32.7 Å². The summed E-state index contributed by atoms with van der Waals surface area (Å²) in [5, 5.41) is 12.6. The summed E-state index contributed by atoms with van der Waals surface area (Å²) in [5.74, 6) is 0.937. The fourth-order valence-corrected chi connectivity index (χ4v) is 3.43. The lowest BCUT2D eigenvalue weighted by molar-refractivity contribution is 0.250. The summed E-state index contributed by atoms with van der Waals surface area (Å²) in [6.45, 7) is 9.68. The van der Waals surface area contributed by atoms with E-state index in [1.165, 1.54) is 5.56 Å². The number of hydrogen-bond donors (Lipinski definition) is 0. The molecule has 0 bridgehead atoms. The van der Waals surface area contributed by atoms with E-state index in [-0.39, 0.29) is 0 Å². The van der Waals surface area contributed by atoms with Gasteiger partial charge in [-0.15, -0.1) is 10.2 Å². The molecule has 0 spiro atoms. The van der Waals surface area contributed by atoms with Gasteiger partial charge in [-0.3, -0.25) is 4.90 Å². The van der Waals surface area contributed by atoms with Crippen LogP contribution in [-0.2, 0) is 6.54 Å². The van der Waals surface area contributed by atoms with Crippen LogP contribution in [0.4, 0.5) is 5.69 Å². The zero-order valence-electron chi connectivity index (χ0n) is 15.3. The van der Waals surface area contributed by atoms with Gasteiger partial charge in [-0.25, -0.2) is 0 Å². The van der Waals surface area contributed by atoms with E-state index in [9.17, 15) is 0 Å². The molecule has 7 nitrogen and oxygen atoms in total. The van der Waals surface area contributed by atoms with E-state index in [0.717, 1.165) is 55.5 Å². The van der Waals surface area contributed by atoms with Crippen LogP contribution in [0.2, 0.25) is 0 Å². The van der Waals surface area contributed by atoms with Crippen molar-refractivity contribution in [1.29, 1.82) is 0 Å². The monoisotopic (exact) mass is 352 g/mol. The molecular formula is C19H24N6O. The molecule has 0 saturated carbocycles. The molecule has 2 aromatic heterocycles. The number of aryl methyl sites for hydroxylation is 1. The lowest BCUT2D eigenvalue weighted by Gasteiger charge is -2.36. The molecule has 1 aliphatic heterocycles. The quantitative estimate of drug-likeness (QED) is 0.701. The van der Waals surface area contributed by atoms with Gasteiger partial charge >= 0.3 is 0 Å². The van der Waals surface area contributed by atoms with Crippen LogP contribution in [0, 0.1) is 6.92 Å². The van der Waals surface area contributed by atoms with Crippen LogP contribution in [0.1, 0.15) is 18.2 Å². The van der Waals surface area contributed by atoms with Gasteiger partial charge in [0.05, 0.1) is 18.0 Å². The molecule has 0 atom stereocenters. The maximum absolute atomic E-state index is 5.51. The summed E-state index contributed by atoms with van der Waals surface area (Å²) in [7, 11) is 0. The van der Waals surface area contributed by atoms with Gasteiger partial charge in [0.2, 0.25) is 5.65 Å². The average Bonchev–Trinajstić information content (AvgIpc) is 3.12. The van der Waals surface area contributed by atoms with Crippen molar-refractivity contribution in [3.8, 4) is 5.75 Å². The normalized spacial score (nSPS) is 15.5. The number of aromatic nitrogens is 4. The molecule has 1 aliphatic rings. The van der Waals surface area contributed by atoms with E-state index >= 15 is 0 Å². The minimum absolute atomic E-state index is 0.703. The van der Waals surface area contributed by atoms with Crippen LogP contribution in [-0.4, -0.2) is 57.5 Å². The van der Waals surface area contributed by atoms with Crippen LogP contribution in [0.25, 0.3) is 5.65 Å². The summed E-state index contributed by atoms with van der Waals surface area (Å²) in [4.78, 5) is 4.87. The van der Waals surface area contributed by atoms with Crippen molar-refractivity contribution in [2.45, 2.75) is 20.4 Å². The van der Waals surface area contributed by atoms with E-state index in [1.807, 2.05) is 13.8 Å². The van der Waals surface area contributed by atoms with E-state index in [1.54, 1.807) is 10.8 Å². The Kier molecular flexibility index (Phi) is 4.71. The molecule has 0 amide bonds. The van der Waals surface area contributed by atoms with Crippen molar-refractivity contribution < 1.29 is 4.74 Å². The van der Waals surface area contributed by atoms with Crippen LogP contribution in [0.15, 0.2) is 36.7 Å². The predicted molar refractivity (Wildman–Crippen MR) is 101 cm³/mol. The third-order valence-corrected chi connectivity index (χ3v) is 4.72. The van der Waals surface area contributed by atoms with E-state index in [4.69, 9.17) is 4.74 Å². The highest BCUT2D eigenvalue weighted by atomic mass is 16.5. The third-order valence-electron chi connectivity index (χ3n) is 4.72. The van der Waals surface area contributed by atoms with Crippen molar-refractivity contribution in [2.24, 2.45) is 0 Å². The molecule has 0 N–H and O–H groups in total. The predicted octanol–water partition coefficient (Wildman–Crippen LogP) is 2.15. The lowest BCUT2D eigenvalue weighted by atomic mass is 10.2. The Hall–Kier alpha value is -2.67. The molecule has 0 aliphatic carbocycles. The maximum atomic E-state index is 5.51. The van der Waals surface area contributed by atoms with Gasteiger partial charge in [0.25, 0.3) is 0 Å². The molecular weight excluding hydrogens is 328 g/mol. The van der Waals surface area contributed by atoms with Crippen molar-refractivity contribution in [1.82, 2.24) is 24.7 Å². The number of rotatable bonds is 5. The molecule has 0 radical (unpaired) electrons. The minimum atomic E-state index is 0.703. The van der Waals surface area contributed by atoms with Crippen LogP contribution < -0.4 is 9.64 Å². The Morgan fingerprint density at radius 3 is 2.58 bits per heavy atom. The standard InChI is InChI=1S/C19H24N6O/c1-3-26-17-6-4-16(5-7-17)13-23-8-10-24(11-9-23)18-12-15(2)22-25-14-20-21-19(18)25/h4-7,12,14H,3,8-11,13H2,1-2H3.